The van der Waals surface area contributed by atoms with Crippen molar-refractivity contribution in [1.29, 1.82) is 0 Å². The maximum atomic E-state index is 12.9. The van der Waals surface area contributed by atoms with Crippen molar-refractivity contribution < 1.29 is 28.3 Å². The molecule has 0 bridgehead atoms. The quantitative estimate of drug-likeness (QED) is 0.572. The van der Waals surface area contributed by atoms with Crippen molar-refractivity contribution in [3.63, 3.8) is 0 Å². The molecule has 26 heavy (non-hydrogen) atoms. The van der Waals surface area contributed by atoms with Gasteiger partial charge in [0, 0.05) is 0 Å². The molecule has 0 radical (unpaired) electrons. The third-order valence-electron chi connectivity index (χ3n) is 3.91. The maximum Gasteiger partial charge on any atom is 0.326 e. The highest BCUT2D eigenvalue weighted by molar-refractivity contribution is 6.33. The van der Waals surface area contributed by atoms with Gasteiger partial charge in [-0.1, -0.05) is 18.5 Å². The van der Waals surface area contributed by atoms with Crippen molar-refractivity contribution in [3.8, 4) is 0 Å². The number of imide groups is 1. The lowest BCUT2D eigenvalue weighted by atomic mass is 9.99. The van der Waals surface area contributed by atoms with Crippen LogP contribution in [0.3, 0.4) is 0 Å². The minimum atomic E-state index is -1.06. The van der Waals surface area contributed by atoms with E-state index in [0.717, 1.165) is 17.0 Å². The summed E-state index contributed by atoms with van der Waals surface area (Å²) in [6.45, 7) is 2.02. The molecule has 0 aromatic heterocycles. The van der Waals surface area contributed by atoms with Gasteiger partial charge in [-0.2, -0.15) is 0 Å². The second-order valence-electron chi connectivity index (χ2n) is 5.84. The number of benzene rings is 1. The lowest BCUT2D eigenvalue weighted by Crippen LogP contribution is -2.43. The average molecular weight is 386 g/mol. The normalized spacial score (nSPS) is 19.3. The molecule has 1 atom stereocenters. The van der Waals surface area contributed by atoms with Crippen LogP contribution in [0.15, 0.2) is 18.2 Å². The number of carbonyl (C=O) groups is 4. The number of ether oxygens (including phenoxy) is 1. The Morgan fingerprint density at radius 1 is 1.38 bits per heavy atom. The van der Waals surface area contributed by atoms with Gasteiger partial charge in [0.05, 0.1) is 10.7 Å². The van der Waals surface area contributed by atoms with E-state index >= 15 is 0 Å². The topological polar surface area (TPSA) is 105 Å². The van der Waals surface area contributed by atoms with Crippen LogP contribution >= 0.6 is 11.6 Å². The van der Waals surface area contributed by atoms with Crippen molar-refractivity contribution in [2.75, 3.05) is 18.5 Å². The van der Waals surface area contributed by atoms with E-state index in [0.29, 0.717) is 6.42 Å². The highest BCUT2D eigenvalue weighted by atomic mass is 35.5. The first-order valence-electron chi connectivity index (χ1n) is 7.71. The van der Waals surface area contributed by atoms with Crippen molar-refractivity contribution in [1.82, 2.24) is 10.2 Å². The predicted octanol–water partition coefficient (Wildman–Crippen LogP) is 1.68. The van der Waals surface area contributed by atoms with Gasteiger partial charge in [-0.3, -0.25) is 19.3 Å². The number of anilines is 1. The highest BCUT2D eigenvalue weighted by Gasteiger charge is 2.47. The Hall–Kier alpha value is -2.68. The molecule has 1 aliphatic rings. The van der Waals surface area contributed by atoms with Gasteiger partial charge in [0.15, 0.2) is 6.61 Å². The molecule has 0 unspecified atom stereocenters. The fourth-order valence-corrected chi connectivity index (χ4v) is 2.44. The number of nitrogens with zero attached hydrogens (tertiary/aromatic N) is 1. The summed E-state index contributed by atoms with van der Waals surface area (Å²) in [6.07, 6.45) is 0.365. The molecule has 4 amide bonds. The Morgan fingerprint density at radius 3 is 2.65 bits per heavy atom. The molecule has 2 N–H and O–H groups in total. The lowest BCUT2D eigenvalue weighted by Gasteiger charge is -2.18. The van der Waals surface area contributed by atoms with Crippen molar-refractivity contribution in [3.05, 3.63) is 29.0 Å². The predicted molar refractivity (Wildman–Crippen MR) is 89.9 cm³/mol. The molecule has 1 saturated heterocycles. The molecule has 0 spiro atoms. The minimum Gasteiger partial charge on any atom is -0.454 e. The van der Waals surface area contributed by atoms with Gasteiger partial charge in [-0.15, -0.1) is 0 Å². The Kier molecular flexibility index (Phi) is 5.81. The molecule has 10 heteroatoms. The zero-order valence-corrected chi connectivity index (χ0v) is 14.9. The van der Waals surface area contributed by atoms with Crippen LogP contribution in [0.25, 0.3) is 0 Å². The van der Waals surface area contributed by atoms with E-state index in [1.54, 1.807) is 13.8 Å². The SMILES string of the molecule is CC[C@@]1(C)NC(=O)N(CC(=O)OCC(=O)Nc2ccc(F)cc2Cl)C1=O. The number of amides is 4. The van der Waals surface area contributed by atoms with Crippen molar-refractivity contribution >= 4 is 41.1 Å². The number of nitrogens with one attached hydrogen (secondary N) is 2. The van der Waals surface area contributed by atoms with Crippen molar-refractivity contribution in [2.24, 2.45) is 0 Å². The molecule has 1 heterocycles. The van der Waals surface area contributed by atoms with E-state index in [-0.39, 0.29) is 10.7 Å². The first-order valence-corrected chi connectivity index (χ1v) is 8.08. The Labute approximate surface area is 153 Å². The lowest BCUT2D eigenvalue weighted by molar-refractivity contribution is -0.150. The molecule has 1 aromatic carbocycles. The second kappa shape index (κ2) is 7.69. The Balaban J connectivity index is 1.86. The zero-order valence-electron chi connectivity index (χ0n) is 14.1. The van der Waals surface area contributed by atoms with E-state index < -0.39 is 48.3 Å². The van der Waals surface area contributed by atoms with E-state index in [1.165, 1.54) is 6.07 Å². The van der Waals surface area contributed by atoms with E-state index in [4.69, 9.17) is 16.3 Å². The number of hydrogen-bond acceptors (Lipinski definition) is 5. The number of esters is 1. The molecular formula is C16H17ClFN3O5. The van der Waals surface area contributed by atoms with E-state index in [2.05, 4.69) is 10.6 Å². The van der Waals surface area contributed by atoms with E-state index in [9.17, 15) is 23.6 Å². The summed E-state index contributed by atoms with van der Waals surface area (Å²) in [7, 11) is 0. The summed E-state index contributed by atoms with van der Waals surface area (Å²) in [6, 6.07) is 2.69. The Bertz CT molecular complexity index is 772. The summed E-state index contributed by atoms with van der Waals surface area (Å²) in [4.78, 5) is 48.3. The van der Waals surface area contributed by atoms with Crippen LogP contribution in [0.5, 0.6) is 0 Å². The summed E-state index contributed by atoms with van der Waals surface area (Å²) < 4.78 is 17.7. The van der Waals surface area contributed by atoms with Crippen molar-refractivity contribution in [2.45, 2.75) is 25.8 Å². The third kappa shape index (κ3) is 4.29. The number of rotatable bonds is 6. The fraction of sp³-hybridized carbons (Fsp3) is 0.375. The minimum absolute atomic E-state index is 0.0112. The molecule has 8 nitrogen and oxygen atoms in total. The van der Waals surface area contributed by atoms with Crippen LogP contribution in [0.2, 0.25) is 5.02 Å². The summed E-state index contributed by atoms with van der Waals surface area (Å²) in [5.41, 5.74) is -0.907. The molecular weight excluding hydrogens is 369 g/mol. The van der Waals surface area contributed by atoms with Crippen LogP contribution < -0.4 is 10.6 Å². The largest absolute Gasteiger partial charge is 0.454 e. The first-order chi connectivity index (χ1) is 12.2. The van der Waals surface area contributed by atoms with Gasteiger partial charge in [-0.05, 0) is 31.5 Å². The molecule has 1 fully saturated rings. The standard InChI is InChI=1S/C16H17ClFN3O5/c1-3-16(2)14(24)21(15(25)20-16)7-13(23)26-8-12(22)19-11-5-4-9(18)6-10(11)17/h4-6H,3,7-8H2,1-2H3,(H,19,22)(H,20,25)/t16-/m1/s1. The van der Waals surface area contributed by atoms with Gasteiger partial charge in [0.2, 0.25) is 0 Å². The molecule has 2 rings (SSSR count). The summed E-state index contributed by atoms with van der Waals surface area (Å²) in [5.74, 6) is -2.73. The van der Waals surface area contributed by atoms with Gasteiger partial charge in [-0.25, -0.2) is 9.18 Å². The maximum absolute atomic E-state index is 12.9. The third-order valence-corrected chi connectivity index (χ3v) is 4.22. The number of hydrogen-bond donors (Lipinski definition) is 2. The Morgan fingerprint density at radius 2 is 2.08 bits per heavy atom. The smallest absolute Gasteiger partial charge is 0.326 e. The second-order valence-corrected chi connectivity index (χ2v) is 6.25. The van der Waals surface area contributed by atoms with Gasteiger partial charge in [0.25, 0.3) is 11.8 Å². The molecule has 140 valence electrons. The monoisotopic (exact) mass is 385 g/mol. The van der Waals surface area contributed by atoms with Crippen LogP contribution in [-0.4, -0.2) is 47.4 Å². The molecule has 1 aromatic rings. The molecule has 0 aliphatic carbocycles. The van der Waals surface area contributed by atoms with Gasteiger partial charge >= 0.3 is 12.0 Å². The van der Waals surface area contributed by atoms with Crippen LogP contribution in [0, 0.1) is 5.82 Å². The molecule has 1 aliphatic heterocycles. The average Bonchev–Trinajstić information content (AvgIpc) is 2.79. The van der Waals surface area contributed by atoms with Gasteiger partial charge in [0.1, 0.15) is 17.9 Å². The number of carbonyl (C=O) groups excluding carboxylic acids is 4. The fourth-order valence-electron chi connectivity index (χ4n) is 2.23. The zero-order chi connectivity index (χ0) is 19.5. The van der Waals surface area contributed by atoms with Crippen LogP contribution in [0.1, 0.15) is 20.3 Å². The summed E-state index contributed by atoms with van der Waals surface area (Å²) >= 11 is 5.77. The first kappa shape index (κ1) is 19.6. The molecule has 0 saturated carbocycles. The van der Waals surface area contributed by atoms with E-state index in [1.807, 2.05) is 0 Å². The number of urea groups is 1. The summed E-state index contributed by atoms with van der Waals surface area (Å²) in [5, 5.41) is 4.84. The van der Waals surface area contributed by atoms with Crippen LogP contribution in [0.4, 0.5) is 14.9 Å². The number of halogens is 2. The van der Waals surface area contributed by atoms with Crippen LogP contribution in [-0.2, 0) is 19.1 Å². The van der Waals surface area contributed by atoms with Gasteiger partial charge < -0.3 is 15.4 Å². The highest BCUT2D eigenvalue weighted by Crippen LogP contribution is 2.22.